The molecular weight excluding hydrogens is 376 g/mol. The third-order valence-corrected chi connectivity index (χ3v) is 6.99. The van der Waals surface area contributed by atoms with Crippen LogP contribution < -0.4 is 10.2 Å². The molecule has 0 radical (unpaired) electrons. The van der Waals surface area contributed by atoms with Crippen molar-refractivity contribution in [3.8, 4) is 5.69 Å². The Labute approximate surface area is 174 Å². The van der Waals surface area contributed by atoms with Gasteiger partial charge >= 0.3 is 0 Å². The van der Waals surface area contributed by atoms with Crippen LogP contribution in [-0.4, -0.2) is 34.2 Å². The molecular formula is C24H22N4O2. The molecule has 3 aromatic rings. The molecule has 0 saturated carbocycles. The van der Waals surface area contributed by atoms with E-state index >= 15 is 0 Å². The third kappa shape index (κ3) is 2.11. The second-order valence-corrected chi connectivity index (χ2v) is 8.46. The Morgan fingerprint density at radius 1 is 1.07 bits per heavy atom. The van der Waals surface area contributed by atoms with Gasteiger partial charge in [0.15, 0.2) is 0 Å². The molecule has 1 saturated heterocycles. The molecule has 2 amide bonds. The smallest absolute Gasteiger partial charge is 0.258 e. The van der Waals surface area contributed by atoms with Gasteiger partial charge in [0.1, 0.15) is 5.82 Å². The average Bonchev–Trinajstić information content (AvgIpc) is 3.38. The van der Waals surface area contributed by atoms with E-state index in [0.717, 1.165) is 47.7 Å². The van der Waals surface area contributed by atoms with Gasteiger partial charge in [-0.2, -0.15) is 5.10 Å². The molecule has 3 aliphatic heterocycles. The highest BCUT2D eigenvalue weighted by atomic mass is 16.2. The van der Waals surface area contributed by atoms with Gasteiger partial charge in [-0.3, -0.25) is 14.9 Å². The van der Waals surface area contributed by atoms with Crippen LogP contribution in [0.4, 0.5) is 5.82 Å². The van der Waals surface area contributed by atoms with E-state index in [-0.39, 0.29) is 17.9 Å². The summed E-state index contributed by atoms with van der Waals surface area (Å²) in [6.45, 7) is 2.89. The highest BCUT2D eigenvalue weighted by molar-refractivity contribution is 6.14. The zero-order valence-electron chi connectivity index (χ0n) is 16.8. The number of rotatable bonds is 1. The molecule has 1 fully saturated rings. The number of anilines is 1. The molecule has 150 valence electrons. The van der Waals surface area contributed by atoms with Crippen molar-refractivity contribution in [3.05, 3.63) is 77.0 Å². The van der Waals surface area contributed by atoms with E-state index < -0.39 is 5.41 Å². The van der Waals surface area contributed by atoms with E-state index in [4.69, 9.17) is 5.10 Å². The number of aryl methyl sites for hydroxylation is 1. The summed E-state index contributed by atoms with van der Waals surface area (Å²) in [6.07, 6.45) is 2.47. The van der Waals surface area contributed by atoms with Crippen molar-refractivity contribution in [2.24, 2.45) is 0 Å². The molecule has 6 nitrogen and oxygen atoms in total. The van der Waals surface area contributed by atoms with Crippen molar-refractivity contribution in [1.29, 1.82) is 0 Å². The van der Waals surface area contributed by atoms with Crippen LogP contribution in [0, 0.1) is 6.92 Å². The molecule has 4 heterocycles. The Morgan fingerprint density at radius 2 is 1.83 bits per heavy atom. The Bertz CT molecular complexity index is 1200. The van der Waals surface area contributed by atoms with Gasteiger partial charge in [-0.15, -0.1) is 0 Å². The highest BCUT2D eigenvalue weighted by Gasteiger charge is 2.58. The predicted octanol–water partition coefficient (Wildman–Crippen LogP) is 2.91. The van der Waals surface area contributed by atoms with Crippen molar-refractivity contribution in [3.63, 3.8) is 0 Å². The van der Waals surface area contributed by atoms with Gasteiger partial charge in [0.2, 0.25) is 5.91 Å². The summed E-state index contributed by atoms with van der Waals surface area (Å²) >= 11 is 0. The first kappa shape index (κ1) is 17.4. The van der Waals surface area contributed by atoms with Crippen LogP contribution in [0.2, 0.25) is 0 Å². The monoisotopic (exact) mass is 398 g/mol. The van der Waals surface area contributed by atoms with Gasteiger partial charge in [0.25, 0.3) is 5.91 Å². The number of amides is 2. The SMILES string of the molecule is Cc1nn(-c2ccccc2)c2c1CC1(C(=O)NC(=O)c3ccccc31)C1CCCN21. The van der Waals surface area contributed by atoms with Gasteiger partial charge in [-0.05, 0) is 49.9 Å². The van der Waals surface area contributed by atoms with E-state index in [2.05, 4.69) is 22.3 Å². The number of imide groups is 1. The summed E-state index contributed by atoms with van der Waals surface area (Å²) in [4.78, 5) is 28.4. The summed E-state index contributed by atoms with van der Waals surface area (Å²) < 4.78 is 2.02. The number of fused-ring (bicyclic) bond motifs is 6. The Balaban J connectivity index is 1.61. The van der Waals surface area contributed by atoms with Crippen molar-refractivity contribution in [1.82, 2.24) is 15.1 Å². The fourth-order valence-electron chi connectivity index (χ4n) is 5.71. The minimum absolute atomic E-state index is 0.00203. The maximum Gasteiger partial charge on any atom is 0.258 e. The van der Waals surface area contributed by atoms with E-state index in [1.165, 1.54) is 0 Å². The van der Waals surface area contributed by atoms with Crippen LogP contribution in [0.1, 0.15) is 40.0 Å². The number of benzene rings is 2. The van der Waals surface area contributed by atoms with Crippen molar-refractivity contribution in [2.75, 3.05) is 11.4 Å². The van der Waals surface area contributed by atoms with Crippen molar-refractivity contribution in [2.45, 2.75) is 37.6 Å². The van der Waals surface area contributed by atoms with Crippen LogP contribution >= 0.6 is 0 Å². The maximum absolute atomic E-state index is 13.5. The van der Waals surface area contributed by atoms with Crippen LogP contribution in [0.3, 0.4) is 0 Å². The molecule has 2 aromatic carbocycles. The quantitative estimate of drug-likeness (QED) is 0.640. The van der Waals surface area contributed by atoms with Crippen LogP contribution in [0.5, 0.6) is 0 Å². The van der Waals surface area contributed by atoms with Gasteiger partial charge < -0.3 is 4.90 Å². The Morgan fingerprint density at radius 3 is 2.67 bits per heavy atom. The lowest BCUT2D eigenvalue weighted by Gasteiger charge is -2.48. The van der Waals surface area contributed by atoms with Crippen molar-refractivity contribution >= 4 is 17.6 Å². The summed E-state index contributed by atoms with van der Waals surface area (Å²) in [5, 5.41) is 7.54. The van der Waals surface area contributed by atoms with Gasteiger partial charge in [0, 0.05) is 23.7 Å². The number of aromatic nitrogens is 2. The molecule has 1 aromatic heterocycles. The van der Waals surface area contributed by atoms with Crippen molar-refractivity contribution < 1.29 is 9.59 Å². The number of carbonyl (C=O) groups is 2. The lowest BCUT2D eigenvalue weighted by atomic mass is 9.64. The fraction of sp³-hybridized carbons (Fsp3) is 0.292. The maximum atomic E-state index is 13.5. The molecule has 1 N–H and O–H groups in total. The number of carbonyl (C=O) groups excluding carboxylic acids is 2. The lowest BCUT2D eigenvalue weighted by molar-refractivity contribution is -0.127. The molecule has 2 unspecified atom stereocenters. The van der Waals surface area contributed by atoms with Gasteiger partial charge in [-0.25, -0.2) is 4.68 Å². The third-order valence-electron chi connectivity index (χ3n) is 6.99. The highest BCUT2D eigenvalue weighted by Crippen LogP contribution is 2.50. The molecule has 3 aliphatic rings. The fourth-order valence-corrected chi connectivity index (χ4v) is 5.71. The number of hydrogen-bond donors (Lipinski definition) is 1. The number of nitrogens with zero attached hydrogens (tertiary/aromatic N) is 3. The van der Waals surface area contributed by atoms with Gasteiger partial charge in [-0.1, -0.05) is 36.4 Å². The van der Waals surface area contributed by atoms with Gasteiger partial charge in [0.05, 0.1) is 16.8 Å². The van der Waals surface area contributed by atoms with Crippen LogP contribution in [-0.2, 0) is 16.6 Å². The molecule has 0 bridgehead atoms. The molecule has 2 atom stereocenters. The number of para-hydroxylation sites is 1. The minimum Gasteiger partial charge on any atom is -0.352 e. The summed E-state index contributed by atoms with van der Waals surface area (Å²) in [6, 6.07) is 17.7. The first-order chi connectivity index (χ1) is 14.6. The average molecular weight is 398 g/mol. The first-order valence-corrected chi connectivity index (χ1v) is 10.5. The summed E-state index contributed by atoms with van der Waals surface area (Å²) in [5.74, 6) is 0.614. The summed E-state index contributed by atoms with van der Waals surface area (Å²) in [5.41, 5.74) is 3.74. The number of nitrogens with one attached hydrogen (secondary N) is 1. The molecule has 6 heteroatoms. The standard InChI is InChI=1S/C24H22N4O2/c1-15-18-14-24(19-11-6-5-10-17(19)21(29)25-23(24)30)20-12-7-13-27(20)22(18)28(26-15)16-8-3-2-4-9-16/h2-6,8-11,20H,7,12-14H2,1H3,(H,25,29,30). The van der Waals surface area contributed by atoms with E-state index in [1.807, 2.05) is 54.1 Å². The molecule has 1 spiro atoms. The first-order valence-electron chi connectivity index (χ1n) is 10.5. The van der Waals surface area contributed by atoms with E-state index in [9.17, 15) is 9.59 Å². The van der Waals surface area contributed by atoms with E-state index in [1.54, 1.807) is 0 Å². The minimum atomic E-state index is -0.774. The topological polar surface area (TPSA) is 67.2 Å². The zero-order valence-corrected chi connectivity index (χ0v) is 16.8. The molecule has 0 aliphatic carbocycles. The van der Waals surface area contributed by atoms with Crippen LogP contribution in [0.15, 0.2) is 54.6 Å². The predicted molar refractivity (Wildman–Crippen MR) is 113 cm³/mol. The second kappa shape index (κ2) is 6.05. The second-order valence-electron chi connectivity index (χ2n) is 8.46. The van der Waals surface area contributed by atoms with Crippen LogP contribution in [0.25, 0.3) is 5.69 Å². The Kier molecular flexibility index (Phi) is 3.52. The lowest BCUT2D eigenvalue weighted by Crippen LogP contribution is -2.64. The summed E-state index contributed by atoms with van der Waals surface area (Å²) in [7, 11) is 0. The number of hydrogen-bond acceptors (Lipinski definition) is 4. The Hall–Kier alpha value is -3.41. The van der Waals surface area contributed by atoms with E-state index in [0.29, 0.717) is 12.0 Å². The largest absolute Gasteiger partial charge is 0.352 e. The zero-order chi connectivity index (χ0) is 20.5. The molecule has 30 heavy (non-hydrogen) atoms. The molecule has 6 rings (SSSR count). The normalized spacial score (nSPS) is 24.4.